The average molecular weight is 473 g/mol. The molecule has 0 bridgehead atoms. The van der Waals surface area contributed by atoms with Crippen molar-refractivity contribution in [3.63, 3.8) is 0 Å². The number of hydrogen-bond donors (Lipinski definition) is 1. The third-order valence-electron chi connectivity index (χ3n) is 6.16. The van der Waals surface area contributed by atoms with Gasteiger partial charge in [0.25, 0.3) is 0 Å². The third-order valence-corrected chi connectivity index (χ3v) is 6.16. The van der Waals surface area contributed by atoms with E-state index in [1.54, 1.807) is 24.5 Å². The Hall–Kier alpha value is -2.65. The van der Waals surface area contributed by atoms with E-state index in [1.165, 1.54) is 7.11 Å². The normalized spacial score (nSPS) is 29.4. The number of carbonyl (C=O) groups excluding carboxylic acids is 1. The van der Waals surface area contributed by atoms with Gasteiger partial charge in [0.05, 0.1) is 12.4 Å². The van der Waals surface area contributed by atoms with Gasteiger partial charge >= 0.3 is 5.97 Å². The molecule has 0 radical (unpaired) electrons. The number of methoxy groups -OCH3 is 1. The second-order valence-corrected chi connectivity index (χ2v) is 9.17. The predicted molar refractivity (Wildman–Crippen MR) is 125 cm³/mol. The van der Waals surface area contributed by atoms with Gasteiger partial charge in [0.2, 0.25) is 0 Å². The molecule has 4 rings (SSSR count). The topological polar surface area (TPSA) is 96.6 Å². The molecule has 2 aliphatic rings. The summed E-state index contributed by atoms with van der Waals surface area (Å²) in [6, 6.07) is 3.47. The number of ether oxygens (including phenoxy) is 5. The van der Waals surface area contributed by atoms with Crippen molar-refractivity contribution in [2.75, 3.05) is 13.9 Å². The molecule has 2 aromatic rings. The second kappa shape index (κ2) is 9.92. The quantitative estimate of drug-likeness (QED) is 0.398. The van der Waals surface area contributed by atoms with Crippen LogP contribution >= 0.6 is 0 Å². The molecule has 0 saturated carbocycles. The zero-order valence-corrected chi connectivity index (χ0v) is 20.1. The zero-order valence-electron chi connectivity index (χ0n) is 20.1. The number of carbonyl (C=O) groups is 1. The molecule has 0 aliphatic carbocycles. The maximum Gasteiger partial charge on any atom is 0.342 e. The summed E-state index contributed by atoms with van der Waals surface area (Å²) in [5.41, 5.74) is 1.48. The zero-order chi connectivity index (χ0) is 24.5. The monoisotopic (exact) mass is 472 g/mol. The summed E-state index contributed by atoms with van der Waals surface area (Å²) < 4.78 is 34.3. The number of furan rings is 1. The number of fused-ring (bicyclic) bond motifs is 4. The van der Waals surface area contributed by atoms with Crippen LogP contribution < -0.4 is 4.74 Å². The highest BCUT2D eigenvalue weighted by atomic mass is 16.8. The molecule has 3 heterocycles. The Labute approximate surface area is 199 Å². The van der Waals surface area contributed by atoms with Crippen molar-refractivity contribution < 1.29 is 38.0 Å². The van der Waals surface area contributed by atoms with Crippen molar-refractivity contribution in [1.82, 2.24) is 0 Å². The second-order valence-electron chi connectivity index (χ2n) is 9.17. The average Bonchev–Trinajstić information content (AvgIpc) is 3.38. The largest absolute Gasteiger partial charge is 0.466 e. The fourth-order valence-electron chi connectivity index (χ4n) is 4.28. The molecule has 5 atom stereocenters. The number of aliphatic hydroxyl groups excluding tert-OH is 1. The number of rotatable bonds is 3. The lowest BCUT2D eigenvalue weighted by molar-refractivity contribution is -0.152. The molecule has 1 fully saturated rings. The molecule has 184 valence electrons. The lowest BCUT2D eigenvalue weighted by Crippen LogP contribution is -2.34. The highest BCUT2D eigenvalue weighted by Gasteiger charge is 2.43. The van der Waals surface area contributed by atoms with Crippen molar-refractivity contribution in [2.45, 2.75) is 64.3 Å². The van der Waals surface area contributed by atoms with Gasteiger partial charge in [-0.25, -0.2) is 4.79 Å². The number of benzene rings is 1. The maximum absolute atomic E-state index is 13.4. The summed E-state index contributed by atoms with van der Waals surface area (Å²) in [5, 5.41) is 11.6. The number of hydrogen-bond acceptors (Lipinski definition) is 8. The molecular formula is C26H32O8. The van der Waals surface area contributed by atoms with Crippen LogP contribution in [0.4, 0.5) is 0 Å². The molecule has 8 nitrogen and oxygen atoms in total. The van der Waals surface area contributed by atoms with Crippen LogP contribution in [-0.2, 0) is 18.9 Å². The van der Waals surface area contributed by atoms with Crippen LogP contribution in [0.5, 0.6) is 5.75 Å². The van der Waals surface area contributed by atoms with Crippen LogP contribution in [0.3, 0.4) is 0 Å². The summed E-state index contributed by atoms with van der Waals surface area (Å²) >= 11 is 0. The van der Waals surface area contributed by atoms with Gasteiger partial charge in [0.1, 0.15) is 35.2 Å². The smallest absolute Gasteiger partial charge is 0.342 e. The summed E-state index contributed by atoms with van der Waals surface area (Å²) in [7, 11) is 1.51. The minimum Gasteiger partial charge on any atom is -0.466 e. The molecule has 1 saturated heterocycles. The molecule has 1 unspecified atom stereocenters. The van der Waals surface area contributed by atoms with Crippen molar-refractivity contribution in [2.24, 2.45) is 5.92 Å². The fourth-order valence-corrected chi connectivity index (χ4v) is 4.28. The van der Waals surface area contributed by atoms with Gasteiger partial charge < -0.3 is 33.2 Å². The highest BCUT2D eigenvalue weighted by molar-refractivity contribution is 6.04. The number of cyclic esters (lactones) is 1. The van der Waals surface area contributed by atoms with E-state index in [2.05, 4.69) is 0 Å². The summed E-state index contributed by atoms with van der Waals surface area (Å²) in [5.74, 6) is -1.18. The van der Waals surface area contributed by atoms with Crippen molar-refractivity contribution in [1.29, 1.82) is 0 Å². The van der Waals surface area contributed by atoms with Gasteiger partial charge in [-0.1, -0.05) is 31.2 Å². The molecule has 0 spiro atoms. The van der Waals surface area contributed by atoms with Crippen LogP contribution in [0.15, 0.2) is 41.0 Å². The van der Waals surface area contributed by atoms with Gasteiger partial charge in [-0.15, -0.1) is 0 Å². The Morgan fingerprint density at radius 3 is 2.76 bits per heavy atom. The van der Waals surface area contributed by atoms with E-state index < -0.39 is 30.1 Å². The predicted octanol–water partition coefficient (Wildman–Crippen LogP) is 4.45. The first-order chi connectivity index (χ1) is 16.2. The van der Waals surface area contributed by atoms with E-state index in [1.807, 2.05) is 45.9 Å². The molecular weight excluding hydrogens is 440 g/mol. The Morgan fingerprint density at radius 2 is 2.00 bits per heavy atom. The molecule has 1 aromatic heterocycles. The number of aliphatic hydroxyl groups is 1. The van der Waals surface area contributed by atoms with Gasteiger partial charge in [0, 0.05) is 30.0 Å². The van der Waals surface area contributed by atoms with E-state index >= 15 is 0 Å². The molecule has 2 aliphatic heterocycles. The third kappa shape index (κ3) is 5.05. The summed E-state index contributed by atoms with van der Waals surface area (Å²) in [4.78, 5) is 13.4. The van der Waals surface area contributed by atoms with Gasteiger partial charge in [0.15, 0.2) is 12.6 Å². The molecule has 8 heteroatoms. The molecule has 34 heavy (non-hydrogen) atoms. The lowest BCUT2D eigenvalue weighted by atomic mass is 9.97. The van der Waals surface area contributed by atoms with Crippen LogP contribution in [-0.4, -0.2) is 55.2 Å². The van der Waals surface area contributed by atoms with Crippen LogP contribution in [0.1, 0.15) is 50.0 Å². The van der Waals surface area contributed by atoms with Gasteiger partial charge in [-0.3, -0.25) is 0 Å². The standard InChI is InChI=1S/C26H32O8/c1-15-9-10-19(27)24-20(33-26(3,4)34-24)8-6-7-18-17-11-12-30-21(17)13-22(31-14-29-5)23(18)25(28)32-16(15)2/h6-7,9-13,15-16,19-20,24,27H,8,14H2,1-5H3/t15-,16+,19?,20+,24-/m1/s1. The van der Waals surface area contributed by atoms with Crippen LogP contribution in [0.25, 0.3) is 17.0 Å². The van der Waals surface area contributed by atoms with E-state index in [9.17, 15) is 9.90 Å². The van der Waals surface area contributed by atoms with Crippen molar-refractivity contribution in [3.8, 4) is 5.75 Å². The number of esters is 1. The highest BCUT2D eigenvalue weighted by Crippen LogP contribution is 2.36. The van der Waals surface area contributed by atoms with Gasteiger partial charge in [-0.2, -0.15) is 0 Å². The van der Waals surface area contributed by atoms with Crippen LogP contribution in [0, 0.1) is 5.92 Å². The van der Waals surface area contributed by atoms with Crippen molar-refractivity contribution in [3.05, 3.63) is 47.8 Å². The van der Waals surface area contributed by atoms with E-state index in [0.29, 0.717) is 28.9 Å². The van der Waals surface area contributed by atoms with Gasteiger partial charge in [-0.05, 0) is 33.3 Å². The molecule has 1 aromatic carbocycles. The minimum atomic E-state index is -0.865. The van der Waals surface area contributed by atoms with E-state index in [0.717, 1.165) is 5.39 Å². The van der Waals surface area contributed by atoms with Crippen molar-refractivity contribution >= 4 is 23.0 Å². The maximum atomic E-state index is 13.4. The van der Waals surface area contributed by atoms with Crippen LogP contribution in [0.2, 0.25) is 0 Å². The summed E-state index contributed by atoms with van der Waals surface area (Å²) in [6.07, 6.45) is 7.04. The van der Waals surface area contributed by atoms with E-state index in [-0.39, 0.29) is 18.8 Å². The SMILES string of the molecule is COCOc1cc2occc2c2c1C(=O)O[C@@H](C)[C@H](C)C=CC(O)[C@H]1OC(C)(C)O[C@H]1CC=C2. The Bertz CT molecular complexity index is 1080. The lowest BCUT2D eigenvalue weighted by Gasteiger charge is -2.23. The summed E-state index contributed by atoms with van der Waals surface area (Å²) in [6.45, 7) is 7.35. The first kappa shape index (κ1) is 24.5. The first-order valence-electron chi connectivity index (χ1n) is 11.5. The van der Waals surface area contributed by atoms with E-state index in [4.69, 9.17) is 28.1 Å². The fraction of sp³-hybridized carbons (Fsp3) is 0.500. The Kier molecular flexibility index (Phi) is 7.14. The first-order valence-corrected chi connectivity index (χ1v) is 11.5. The molecule has 1 N–H and O–H groups in total. The minimum absolute atomic E-state index is 0.0355. The Morgan fingerprint density at radius 1 is 1.21 bits per heavy atom. The Balaban J connectivity index is 1.82. The molecule has 0 amide bonds.